The van der Waals surface area contributed by atoms with Crippen molar-refractivity contribution in [1.82, 2.24) is 14.8 Å². The zero-order valence-electron chi connectivity index (χ0n) is 15.1. The molecule has 1 aromatic heterocycles. The summed E-state index contributed by atoms with van der Waals surface area (Å²) in [6, 6.07) is -0.388. The number of piperazine rings is 1. The van der Waals surface area contributed by atoms with E-state index >= 15 is 0 Å². The van der Waals surface area contributed by atoms with Gasteiger partial charge in [0.05, 0.1) is 0 Å². The Balaban J connectivity index is 1.58. The first kappa shape index (κ1) is 18.0. The van der Waals surface area contributed by atoms with E-state index in [0.29, 0.717) is 26.1 Å². The summed E-state index contributed by atoms with van der Waals surface area (Å²) in [6.45, 7) is 9.00. The number of hydrogen-bond acceptors (Lipinski definition) is 6. The molecule has 1 atom stereocenters. The fourth-order valence-electron chi connectivity index (χ4n) is 3.26. The Morgan fingerprint density at radius 3 is 2.52 bits per heavy atom. The van der Waals surface area contributed by atoms with E-state index in [1.807, 2.05) is 31.1 Å². The second-order valence-electron chi connectivity index (χ2n) is 7.46. The Bertz CT molecular complexity index is 606. The number of ether oxygens (including phenoxy) is 1. The highest BCUT2D eigenvalue weighted by molar-refractivity contribution is 7.13. The maximum atomic E-state index is 12.9. The molecule has 2 fully saturated rings. The summed E-state index contributed by atoms with van der Waals surface area (Å²) >= 11 is 1.62. The lowest BCUT2D eigenvalue weighted by molar-refractivity contribution is -0.136. The zero-order chi connectivity index (χ0) is 18.0. The van der Waals surface area contributed by atoms with Crippen molar-refractivity contribution in [2.24, 2.45) is 0 Å². The molecule has 1 aromatic rings. The number of nitrogens with zero attached hydrogens (tertiary/aromatic N) is 4. The van der Waals surface area contributed by atoms with Crippen molar-refractivity contribution in [2.75, 3.05) is 37.6 Å². The van der Waals surface area contributed by atoms with Crippen molar-refractivity contribution in [3.63, 3.8) is 0 Å². The first-order chi connectivity index (χ1) is 11.8. The van der Waals surface area contributed by atoms with Gasteiger partial charge in [0, 0.05) is 44.3 Å². The van der Waals surface area contributed by atoms with E-state index in [4.69, 9.17) is 4.74 Å². The van der Waals surface area contributed by atoms with Crippen molar-refractivity contribution in [3.05, 3.63) is 11.6 Å². The van der Waals surface area contributed by atoms with Crippen LogP contribution in [0.3, 0.4) is 0 Å². The fourth-order valence-corrected chi connectivity index (χ4v) is 3.96. The number of rotatable bonds is 2. The minimum atomic E-state index is -0.549. The molecule has 0 aromatic carbocycles. The number of thiazole rings is 1. The molecule has 25 heavy (non-hydrogen) atoms. The number of likely N-dealkylation sites (tertiary alicyclic amines) is 1. The van der Waals surface area contributed by atoms with Gasteiger partial charge in [-0.1, -0.05) is 0 Å². The quantitative estimate of drug-likeness (QED) is 0.803. The third-order valence-corrected chi connectivity index (χ3v) is 5.28. The van der Waals surface area contributed by atoms with Crippen molar-refractivity contribution in [1.29, 1.82) is 0 Å². The van der Waals surface area contributed by atoms with Crippen LogP contribution in [0.1, 0.15) is 33.6 Å². The Morgan fingerprint density at radius 1 is 1.20 bits per heavy atom. The topological polar surface area (TPSA) is 66.0 Å². The predicted octanol–water partition coefficient (Wildman–Crippen LogP) is 2.19. The molecule has 0 unspecified atom stereocenters. The summed E-state index contributed by atoms with van der Waals surface area (Å²) in [7, 11) is 0. The molecule has 0 radical (unpaired) electrons. The predicted molar refractivity (Wildman–Crippen MR) is 96.9 cm³/mol. The largest absolute Gasteiger partial charge is 0.444 e. The Hall–Kier alpha value is -1.83. The van der Waals surface area contributed by atoms with E-state index in [-0.39, 0.29) is 18.0 Å². The van der Waals surface area contributed by atoms with Gasteiger partial charge in [-0.3, -0.25) is 9.69 Å². The van der Waals surface area contributed by atoms with Crippen LogP contribution in [0.5, 0.6) is 0 Å². The van der Waals surface area contributed by atoms with E-state index in [2.05, 4.69) is 9.88 Å². The molecule has 2 saturated heterocycles. The van der Waals surface area contributed by atoms with Gasteiger partial charge in [-0.25, -0.2) is 9.78 Å². The van der Waals surface area contributed by atoms with Gasteiger partial charge in [-0.15, -0.1) is 11.3 Å². The molecule has 0 bridgehead atoms. The standard InChI is InChI=1S/C17H26N4O3S/c1-17(2,3)24-16(23)21-7-4-5-13(21)14(22)19-8-10-20(11-9-19)15-18-6-12-25-15/h6,12-13H,4-5,7-11H2,1-3H3/t13-/m1/s1. The third kappa shape index (κ3) is 4.23. The number of amides is 2. The van der Waals surface area contributed by atoms with Crippen LogP contribution in [0.2, 0.25) is 0 Å². The average molecular weight is 366 g/mol. The molecular weight excluding hydrogens is 340 g/mol. The molecule has 2 aliphatic heterocycles. The number of hydrogen-bond donors (Lipinski definition) is 0. The highest BCUT2D eigenvalue weighted by atomic mass is 32.1. The first-order valence-electron chi connectivity index (χ1n) is 8.78. The second-order valence-corrected chi connectivity index (χ2v) is 8.33. The summed E-state index contributed by atoms with van der Waals surface area (Å²) in [4.78, 5) is 35.3. The summed E-state index contributed by atoms with van der Waals surface area (Å²) in [5.74, 6) is 0.0437. The van der Waals surface area contributed by atoms with Gasteiger partial charge in [0.15, 0.2) is 5.13 Å². The Labute approximate surface area is 152 Å². The van der Waals surface area contributed by atoms with Crippen LogP contribution in [0.15, 0.2) is 11.6 Å². The molecule has 7 nitrogen and oxygen atoms in total. The van der Waals surface area contributed by atoms with Crippen molar-refractivity contribution in [2.45, 2.75) is 45.3 Å². The van der Waals surface area contributed by atoms with Crippen molar-refractivity contribution in [3.8, 4) is 0 Å². The lowest BCUT2D eigenvalue weighted by atomic mass is 10.1. The number of carbonyl (C=O) groups excluding carboxylic acids is 2. The first-order valence-corrected chi connectivity index (χ1v) is 9.66. The number of aromatic nitrogens is 1. The molecule has 0 aliphatic carbocycles. The summed E-state index contributed by atoms with van der Waals surface area (Å²) in [5.41, 5.74) is -0.549. The summed E-state index contributed by atoms with van der Waals surface area (Å²) in [6.07, 6.45) is 2.97. The molecule has 3 heterocycles. The van der Waals surface area contributed by atoms with Crippen LogP contribution >= 0.6 is 11.3 Å². The minimum Gasteiger partial charge on any atom is -0.444 e. The van der Waals surface area contributed by atoms with Gasteiger partial charge in [0.1, 0.15) is 11.6 Å². The molecule has 0 saturated carbocycles. The Kier molecular flexibility index (Phi) is 5.17. The normalized spacial score (nSPS) is 21.6. The number of carbonyl (C=O) groups is 2. The van der Waals surface area contributed by atoms with Crippen molar-refractivity contribution < 1.29 is 14.3 Å². The van der Waals surface area contributed by atoms with Crippen LogP contribution in [0, 0.1) is 0 Å². The smallest absolute Gasteiger partial charge is 0.410 e. The molecule has 0 spiro atoms. The highest BCUT2D eigenvalue weighted by Crippen LogP contribution is 2.24. The molecular formula is C17H26N4O3S. The maximum absolute atomic E-state index is 12.9. The van der Waals surface area contributed by atoms with Crippen LogP contribution < -0.4 is 4.90 Å². The lowest BCUT2D eigenvalue weighted by Crippen LogP contribution is -2.54. The SMILES string of the molecule is CC(C)(C)OC(=O)N1CCC[C@@H]1C(=O)N1CCN(c2nccs2)CC1. The molecule has 8 heteroatoms. The molecule has 3 rings (SSSR count). The van der Waals surface area contributed by atoms with Crippen LogP contribution in [0.4, 0.5) is 9.93 Å². The number of anilines is 1. The van der Waals surface area contributed by atoms with Crippen LogP contribution in [-0.2, 0) is 9.53 Å². The Morgan fingerprint density at radius 2 is 1.92 bits per heavy atom. The highest BCUT2D eigenvalue weighted by Gasteiger charge is 2.39. The van der Waals surface area contributed by atoms with Crippen molar-refractivity contribution >= 4 is 28.5 Å². The second kappa shape index (κ2) is 7.19. The van der Waals surface area contributed by atoms with Gasteiger partial charge in [0.25, 0.3) is 0 Å². The van der Waals surface area contributed by atoms with E-state index in [1.54, 1.807) is 22.4 Å². The lowest BCUT2D eigenvalue weighted by Gasteiger charge is -2.37. The zero-order valence-corrected chi connectivity index (χ0v) is 15.9. The van der Waals surface area contributed by atoms with Gasteiger partial charge in [-0.2, -0.15) is 0 Å². The average Bonchev–Trinajstić information content (AvgIpc) is 3.24. The summed E-state index contributed by atoms with van der Waals surface area (Å²) < 4.78 is 5.46. The molecule has 0 N–H and O–H groups in total. The third-order valence-electron chi connectivity index (χ3n) is 4.45. The molecule has 2 aliphatic rings. The monoisotopic (exact) mass is 366 g/mol. The fraction of sp³-hybridized carbons (Fsp3) is 0.706. The summed E-state index contributed by atoms with van der Waals surface area (Å²) in [5, 5.41) is 2.97. The van der Waals surface area contributed by atoms with E-state index in [9.17, 15) is 9.59 Å². The minimum absolute atomic E-state index is 0.0437. The van der Waals surface area contributed by atoms with E-state index in [0.717, 1.165) is 24.6 Å². The van der Waals surface area contributed by atoms with Crippen LogP contribution in [0.25, 0.3) is 0 Å². The van der Waals surface area contributed by atoms with Gasteiger partial charge < -0.3 is 14.5 Å². The molecule has 138 valence electrons. The van der Waals surface area contributed by atoms with Gasteiger partial charge in [-0.05, 0) is 33.6 Å². The molecule has 2 amide bonds. The van der Waals surface area contributed by atoms with E-state index < -0.39 is 5.60 Å². The van der Waals surface area contributed by atoms with Gasteiger partial charge >= 0.3 is 6.09 Å². The van der Waals surface area contributed by atoms with E-state index in [1.165, 1.54) is 0 Å². The maximum Gasteiger partial charge on any atom is 0.410 e. The van der Waals surface area contributed by atoms with Gasteiger partial charge in [0.2, 0.25) is 5.91 Å². The van der Waals surface area contributed by atoms with Crippen LogP contribution in [-0.4, -0.2) is 71.2 Å².